The number of rotatable bonds is 4. The van der Waals surface area contributed by atoms with Gasteiger partial charge in [0.25, 0.3) is 0 Å². The van der Waals surface area contributed by atoms with Crippen molar-refractivity contribution >= 4 is 0 Å². The van der Waals surface area contributed by atoms with Crippen molar-refractivity contribution in [3.63, 3.8) is 0 Å². The summed E-state index contributed by atoms with van der Waals surface area (Å²) in [5, 5.41) is 0. The van der Waals surface area contributed by atoms with E-state index in [2.05, 4.69) is 0 Å². The van der Waals surface area contributed by atoms with Gasteiger partial charge in [0.2, 0.25) is 5.75 Å². The van der Waals surface area contributed by atoms with E-state index < -0.39 is 0 Å². The van der Waals surface area contributed by atoms with Crippen LogP contribution in [0, 0.1) is 0 Å². The lowest BCUT2D eigenvalue weighted by molar-refractivity contribution is 0.321. The van der Waals surface area contributed by atoms with Crippen LogP contribution < -0.4 is 19.9 Å². The molecular formula is C11H17NO3. The zero-order valence-electron chi connectivity index (χ0n) is 9.53. The molecular weight excluding hydrogens is 194 g/mol. The van der Waals surface area contributed by atoms with Crippen molar-refractivity contribution in [3.8, 4) is 17.2 Å². The van der Waals surface area contributed by atoms with Crippen LogP contribution in [0.3, 0.4) is 0 Å². The Labute approximate surface area is 89.9 Å². The summed E-state index contributed by atoms with van der Waals surface area (Å²) in [7, 11) is 4.75. The van der Waals surface area contributed by atoms with Crippen LogP contribution in [0.15, 0.2) is 12.1 Å². The minimum absolute atomic E-state index is 0.111. The molecule has 1 aromatic rings. The van der Waals surface area contributed by atoms with Crippen molar-refractivity contribution in [2.24, 2.45) is 5.73 Å². The topological polar surface area (TPSA) is 53.7 Å². The molecule has 84 valence electrons. The van der Waals surface area contributed by atoms with Gasteiger partial charge in [0, 0.05) is 11.6 Å². The minimum Gasteiger partial charge on any atom is -0.493 e. The molecule has 1 rings (SSSR count). The summed E-state index contributed by atoms with van der Waals surface area (Å²) in [5.41, 5.74) is 6.73. The Balaban J connectivity index is 3.34. The van der Waals surface area contributed by atoms with Crippen LogP contribution in [0.1, 0.15) is 18.5 Å². The maximum absolute atomic E-state index is 5.83. The standard InChI is InChI=1S/C11H17NO3/c1-7(12)8-5-6-9(13-2)11(15-4)10(8)14-3/h5-7H,12H2,1-4H3/t7-/m1/s1. The second-order valence-electron chi connectivity index (χ2n) is 3.21. The van der Waals surface area contributed by atoms with Gasteiger partial charge in [-0.05, 0) is 19.1 Å². The fourth-order valence-corrected chi connectivity index (χ4v) is 1.48. The Morgan fingerprint density at radius 1 is 1.00 bits per heavy atom. The predicted molar refractivity (Wildman–Crippen MR) is 58.7 cm³/mol. The summed E-state index contributed by atoms with van der Waals surface area (Å²) in [4.78, 5) is 0. The summed E-state index contributed by atoms with van der Waals surface area (Å²) in [6.45, 7) is 1.89. The molecule has 0 saturated heterocycles. The number of methoxy groups -OCH3 is 3. The van der Waals surface area contributed by atoms with Crippen molar-refractivity contribution in [1.29, 1.82) is 0 Å². The normalized spacial score (nSPS) is 12.1. The van der Waals surface area contributed by atoms with E-state index in [1.807, 2.05) is 19.1 Å². The van der Waals surface area contributed by atoms with Gasteiger partial charge in [-0.3, -0.25) is 0 Å². The Morgan fingerprint density at radius 2 is 1.60 bits per heavy atom. The van der Waals surface area contributed by atoms with Crippen molar-refractivity contribution in [2.45, 2.75) is 13.0 Å². The van der Waals surface area contributed by atoms with Gasteiger partial charge in [0.1, 0.15) is 0 Å². The average molecular weight is 211 g/mol. The molecule has 1 atom stereocenters. The van der Waals surface area contributed by atoms with Crippen LogP contribution in [0.5, 0.6) is 17.2 Å². The highest BCUT2D eigenvalue weighted by molar-refractivity contribution is 5.56. The van der Waals surface area contributed by atoms with Gasteiger partial charge in [-0.15, -0.1) is 0 Å². The first-order valence-corrected chi connectivity index (χ1v) is 4.70. The van der Waals surface area contributed by atoms with Crippen LogP contribution in [0.2, 0.25) is 0 Å². The van der Waals surface area contributed by atoms with E-state index in [-0.39, 0.29) is 6.04 Å². The SMILES string of the molecule is COc1ccc([C@@H](C)N)c(OC)c1OC. The van der Waals surface area contributed by atoms with E-state index in [1.54, 1.807) is 21.3 Å². The van der Waals surface area contributed by atoms with Gasteiger partial charge >= 0.3 is 0 Å². The van der Waals surface area contributed by atoms with Crippen LogP contribution in [-0.2, 0) is 0 Å². The van der Waals surface area contributed by atoms with E-state index in [9.17, 15) is 0 Å². The molecule has 0 amide bonds. The summed E-state index contributed by atoms with van der Waals surface area (Å²) >= 11 is 0. The first kappa shape index (κ1) is 11.7. The smallest absolute Gasteiger partial charge is 0.203 e. The summed E-state index contributed by atoms with van der Waals surface area (Å²) in [6.07, 6.45) is 0. The first-order valence-electron chi connectivity index (χ1n) is 4.70. The maximum atomic E-state index is 5.83. The van der Waals surface area contributed by atoms with Crippen molar-refractivity contribution in [3.05, 3.63) is 17.7 Å². The van der Waals surface area contributed by atoms with Gasteiger partial charge in [-0.25, -0.2) is 0 Å². The molecule has 0 spiro atoms. The summed E-state index contributed by atoms with van der Waals surface area (Å²) < 4.78 is 15.7. The third kappa shape index (κ3) is 2.15. The second-order valence-corrected chi connectivity index (χ2v) is 3.21. The molecule has 2 N–H and O–H groups in total. The van der Waals surface area contributed by atoms with Crippen LogP contribution in [0.4, 0.5) is 0 Å². The van der Waals surface area contributed by atoms with Gasteiger partial charge in [0.15, 0.2) is 11.5 Å². The summed E-state index contributed by atoms with van der Waals surface area (Å²) in [6, 6.07) is 3.59. The lowest BCUT2D eigenvalue weighted by Gasteiger charge is -2.17. The van der Waals surface area contributed by atoms with Gasteiger partial charge < -0.3 is 19.9 Å². The van der Waals surface area contributed by atoms with Crippen molar-refractivity contribution in [1.82, 2.24) is 0 Å². The van der Waals surface area contributed by atoms with E-state index in [1.165, 1.54) is 0 Å². The second kappa shape index (κ2) is 4.89. The molecule has 0 aliphatic heterocycles. The molecule has 1 aromatic carbocycles. The Kier molecular flexibility index (Phi) is 3.80. The highest BCUT2D eigenvalue weighted by atomic mass is 16.5. The van der Waals surface area contributed by atoms with E-state index in [4.69, 9.17) is 19.9 Å². The largest absolute Gasteiger partial charge is 0.493 e. The molecule has 15 heavy (non-hydrogen) atoms. The lowest BCUT2D eigenvalue weighted by atomic mass is 10.1. The van der Waals surface area contributed by atoms with E-state index in [0.717, 1.165) is 5.56 Å². The molecule has 0 unspecified atom stereocenters. The van der Waals surface area contributed by atoms with Crippen molar-refractivity contribution < 1.29 is 14.2 Å². The molecule has 0 radical (unpaired) electrons. The molecule has 0 aliphatic rings. The fraction of sp³-hybridized carbons (Fsp3) is 0.455. The minimum atomic E-state index is -0.111. The number of benzene rings is 1. The van der Waals surface area contributed by atoms with E-state index >= 15 is 0 Å². The molecule has 0 bridgehead atoms. The number of hydrogen-bond acceptors (Lipinski definition) is 4. The van der Waals surface area contributed by atoms with Crippen LogP contribution in [-0.4, -0.2) is 21.3 Å². The molecule has 0 aliphatic carbocycles. The van der Waals surface area contributed by atoms with Crippen LogP contribution in [0.25, 0.3) is 0 Å². The Hall–Kier alpha value is -1.42. The predicted octanol–water partition coefficient (Wildman–Crippen LogP) is 1.73. The quantitative estimate of drug-likeness (QED) is 0.824. The Morgan fingerprint density at radius 3 is 2.00 bits per heavy atom. The highest BCUT2D eigenvalue weighted by Crippen LogP contribution is 2.41. The Bertz CT molecular complexity index is 337. The molecule has 0 heterocycles. The van der Waals surface area contributed by atoms with Crippen LogP contribution >= 0.6 is 0 Å². The molecule has 4 nitrogen and oxygen atoms in total. The fourth-order valence-electron chi connectivity index (χ4n) is 1.48. The zero-order valence-corrected chi connectivity index (χ0v) is 9.53. The van der Waals surface area contributed by atoms with Gasteiger partial charge in [0.05, 0.1) is 21.3 Å². The highest BCUT2D eigenvalue weighted by Gasteiger charge is 2.17. The average Bonchev–Trinajstić information content (AvgIpc) is 2.26. The van der Waals surface area contributed by atoms with Crippen molar-refractivity contribution in [2.75, 3.05) is 21.3 Å². The first-order chi connectivity index (χ1) is 7.15. The molecule has 0 fully saturated rings. The third-order valence-electron chi connectivity index (χ3n) is 2.23. The lowest BCUT2D eigenvalue weighted by Crippen LogP contribution is -2.08. The van der Waals surface area contributed by atoms with E-state index in [0.29, 0.717) is 17.2 Å². The molecule has 4 heteroatoms. The third-order valence-corrected chi connectivity index (χ3v) is 2.23. The number of hydrogen-bond donors (Lipinski definition) is 1. The summed E-state index contributed by atoms with van der Waals surface area (Å²) in [5.74, 6) is 1.85. The van der Waals surface area contributed by atoms with Gasteiger partial charge in [-0.2, -0.15) is 0 Å². The zero-order chi connectivity index (χ0) is 11.4. The number of ether oxygens (including phenoxy) is 3. The molecule has 0 saturated carbocycles. The molecule has 0 aromatic heterocycles. The number of nitrogens with two attached hydrogens (primary N) is 1. The monoisotopic (exact) mass is 211 g/mol. The maximum Gasteiger partial charge on any atom is 0.203 e. The van der Waals surface area contributed by atoms with Gasteiger partial charge in [-0.1, -0.05) is 0 Å².